The van der Waals surface area contributed by atoms with Gasteiger partial charge >= 0.3 is 6.01 Å². The maximum absolute atomic E-state index is 12.5. The van der Waals surface area contributed by atoms with Crippen molar-refractivity contribution in [3.05, 3.63) is 71.6 Å². The highest BCUT2D eigenvalue weighted by atomic mass is 16.5. The van der Waals surface area contributed by atoms with E-state index in [0.29, 0.717) is 17.5 Å². The molecular weight excluding hydrogens is 416 g/mol. The van der Waals surface area contributed by atoms with Gasteiger partial charge in [0.15, 0.2) is 0 Å². The molecule has 1 aliphatic rings. The fourth-order valence-electron chi connectivity index (χ4n) is 4.25. The van der Waals surface area contributed by atoms with Gasteiger partial charge in [-0.1, -0.05) is 19.1 Å². The van der Waals surface area contributed by atoms with Crippen LogP contribution in [0.4, 0.5) is 0 Å². The average Bonchev–Trinajstić information content (AvgIpc) is 2.79. The fourth-order valence-corrected chi connectivity index (χ4v) is 4.25. The minimum absolute atomic E-state index is 0.0998. The largest absolute Gasteiger partial charge is 0.424 e. The summed E-state index contributed by atoms with van der Waals surface area (Å²) in [5.74, 6) is 1.36. The number of carbonyl (C=O) groups excluding carboxylic acids is 1. The highest BCUT2D eigenvalue weighted by molar-refractivity contribution is 5.92. The van der Waals surface area contributed by atoms with Crippen LogP contribution in [-0.2, 0) is 12.0 Å². The van der Waals surface area contributed by atoms with E-state index >= 15 is 0 Å². The number of likely N-dealkylation sites (tertiary alicyclic amines) is 1. The van der Waals surface area contributed by atoms with Gasteiger partial charge in [0.1, 0.15) is 17.3 Å². The van der Waals surface area contributed by atoms with Crippen molar-refractivity contribution in [1.82, 2.24) is 29.7 Å². The Bertz CT molecular complexity index is 1120. The first kappa shape index (κ1) is 22.8. The molecule has 1 fully saturated rings. The van der Waals surface area contributed by atoms with Gasteiger partial charge < -0.3 is 9.64 Å². The van der Waals surface area contributed by atoms with Crippen molar-refractivity contribution in [2.24, 2.45) is 0 Å². The Kier molecular flexibility index (Phi) is 6.65. The van der Waals surface area contributed by atoms with E-state index in [9.17, 15) is 4.79 Å². The molecule has 1 aromatic carbocycles. The zero-order valence-corrected chi connectivity index (χ0v) is 19.7. The quantitative estimate of drug-likeness (QED) is 0.572. The first-order chi connectivity index (χ1) is 15.8. The minimum Gasteiger partial charge on any atom is -0.424 e. The molecule has 0 radical (unpaired) electrons. The van der Waals surface area contributed by atoms with E-state index in [1.807, 2.05) is 25.1 Å². The number of nitrogens with zero attached hydrogens (tertiary/aromatic N) is 6. The zero-order chi connectivity index (χ0) is 23.4. The predicted molar refractivity (Wildman–Crippen MR) is 125 cm³/mol. The van der Waals surface area contributed by atoms with Gasteiger partial charge in [-0.25, -0.2) is 19.9 Å². The normalized spacial score (nSPS) is 18.7. The molecule has 8 nitrogen and oxygen atoms in total. The second-order valence-electron chi connectivity index (χ2n) is 9.07. The summed E-state index contributed by atoms with van der Waals surface area (Å²) in [5, 5.41) is 0. The van der Waals surface area contributed by atoms with Gasteiger partial charge in [-0.3, -0.25) is 9.69 Å². The fraction of sp³-hybridized carbons (Fsp3) is 0.400. The Labute approximate surface area is 194 Å². The number of aryl methyl sites for hydroxylation is 1. The Balaban J connectivity index is 1.50. The van der Waals surface area contributed by atoms with Crippen LogP contribution in [-0.4, -0.2) is 62.8 Å². The number of hydrogen-bond acceptors (Lipinski definition) is 7. The number of piperidine rings is 1. The molecule has 1 saturated heterocycles. The van der Waals surface area contributed by atoms with Gasteiger partial charge in [0, 0.05) is 50.7 Å². The molecule has 3 heterocycles. The second-order valence-corrected chi connectivity index (χ2v) is 9.07. The Morgan fingerprint density at radius 2 is 1.94 bits per heavy atom. The van der Waals surface area contributed by atoms with E-state index in [4.69, 9.17) is 9.72 Å². The zero-order valence-electron chi connectivity index (χ0n) is 19.7. The van der Waals surface area contributed by atoms with Gasteiger partial charge in [0.25, 0.3) is 5.91 Å². The Hall–Kier alpha value is -3.39. The highest BCUT2D eigenvalue weighted by Crippen LogP contribution is 2.33. The molecule has 0 bridgehead atoms. The van der Waals surface area contributed by atoms with Crippen molar-refractivity contribution in [1.29, 1.82) is 0 Å². The number of rotatable bonds is 6. The Morgan fingerprint density at radius 1 is 1.15 bits per heavy atom. The molecule has 33 heavy (non-hydrogen) atoms. The Morgan fingerprint density at radius 3 is 2.70 bits per heavy atom. The second kappa shape index (κ2) is 9.62. The predicted octanol–water partition coefficient (Wildman–Crippen LogP) is 3.62. The molecule has 1 amide bonds. The smallest absolute Gasteiger partial charge is 0.321 e. The molecule has 0 saturated carbocycles. The van der Waals surface area contributed by atoms with Crippen LogP contribution >= 0.6 is 0 Å². The van der Waals surface area contributed by atoms with Crippen LogP contribution in [0.1, 0.15) is 47.3 Å². The lowest BCUT2D eigenvalue weighted by atomic mass is 9.80. The van der Waals surface area contributed by atoms with Crippen molar-refractivity contribution >= 4 is 5.91 Å². The van der Waals surface area contributed by atoms with Crippen molar-refractivity contribution in [2.45, 2.75) is 38.6 Å². The average molecular weight is 447 g/mol. The van der Waals surface area contributed by atoms with Crippen LogP contribution in [0.2, 0.25) is 0 Å². The number of amides is 1. The van der Waals surface area contributed by atoms with E-state index in [-0.39, 0.29) is 11.3 Å². The highest BCUT2D eigenvalue weighted by Gasteiger charge is 2.36. The van der Waals surface area contributed by atoms with Crippen LogP contribution in [0.15, 0.2) is 48.8 Å². The monoisotopic (exact) mass is 446 g/mol. The molecule has 8 heteroatoms. The number of benzene rings is 1. The summed E-state index contributed by atoms with van der Waals surface area (Å²) in [6.45, 7) is 6.72. The SMILES string of the molecule is Cc1cc(C(=O)N(C)C)nc([C@]2(C)CCCN(Cc3cccc(Oc4ncccn4)c3)C2)n1. The molecule has 1 atom stereocenters. The van der Waals surface area contributed by atoms with E-state index in [1.165, 1.54) is 0 Å². The summed E-state index contributed by atoms with van der Waals surface area (Å²) in [6.07, 6.45) is 5.34. The van der Waals surface area contributed by atoms with Gasteiger partial charge in [0.2, 0.25) is 0 Å². The summed E-state index contributed by atoms with van der Waals surface area (Å²) < 4.78 is 5.79. The third-order valence-electron chi connectivity index (χ3n) is 5.85. The van der Waals surface area contributed by atoms with E-state index in [1.54, 1.807) is 43.5 Å². The van der Waals surface area contributed by atoms with Crippen molar-refractivity contribution in [2.75, 3.05) is 27.2 Å². The molecule has 0 unspecified atom stereocenters. The molecule has 3 aromatic rings. The van der Waals surface area contributed by atoms with Crippen LogP contribution in [0, 0.1) is 6.92 Å². The summed E-state index contributed by atoms with van der Waals surface area (Å²) in [4.78, 5) is 34.1. The summed E-state index contributed by atoms with van der Waals surface area (Å²) >= 11 is 0. The number of ether oxygens (including phenoxy) is 1. The molecule has 0 spiro atoms. The topological polar surface area (TPSA) is 84.3 Å². The summed E-state index contributed by atoms with van der Waals surface area (Å²) in [6, 6.07) is 11.9. The van der Waals surface area contributed by atoms with Crippen LogP contribution in [0.5, 0.6) is 11.8 Å². The van der Waals surface area contributed by atoms with Crippen LogP contribution in [0.25, 0.3) is 0 Å². The first-order valence-corrected chi connectivity index (χ1v) is 11.2. The lowest BCUT2D eigenvalue weighted by molar-refractivity contribution is 0.0820. The minimum atomic E-state index is -0.225. The molecular formula is C25H30N6O2. The maximum atomic E-state index is 12.5. The molecule has 4 rings (SSSR count). The first-order valence-electron chi connectivity index (χ1n) is 11.2. The number of carbonyl (C=O) groups is 1. The van der Waals surface area contributed by atoms with Crippen molar-refractivity contribution in [3.63, 3.8) is 0 Å². The summed E-state index contributed by atoms with van der Waals surface area (Å²) in [5.41, 5.74) is 2.20. The molecule has 0 aliphatic carbocycles. The van der Waals surface area contributed by atoms with Gasteiger partial charge in [-0.05, 0) is 56.1 Å². The lowest BCUT2D eigenvalue weighted by Crippen LogP contribution is -2.45. The molecule has 0 N–H and O–H groups in total. The molecule has 2 aromatic heterocycles. The van der Waals surface area contributed by atoms with Crippen LogP contribution in [0.3, 0.4) is 0 Å². The third-order valence-corrected chi connectivity index (χ3v) is 5.85. The van der Waals surface area contributed by atoms with Crippen molar-refractivity contribution in [3.8, 4) is 11.8 Å². The third kappa shape index (κ3) is 5.51. The number of hydrogen-bond donors (Lipinski definition) is 0. The van der Waals surface area contributed by atoms with Gasteiger partial charge in [-0.2, -0.15) is 0 Å². The maximum Gasteiger partial charge on any atom is 0.321 e. The molecule has 1 aliphatic heterocycles. The van der Waals surface area contributed by atoms with E-state index in [2.05, 4.69) is 32.8 Å². The number of aromatic nitrogens is 4. The van der Waals surface area contributed by atoms with Crippen LogP contribution < -0.4 is 4.74 Å². The standard InChI is InChI=1S/C25H30N6O2/c1-18-14-21(22(32)30(3)4)29-23(28-18)25(2)10-6-13-31(17-25)16-19-8-5-9-20(15-19)33-24-26-11-7-12-27-24/h5,7-9,11-12,14-15H,6,10,13,16-17H2,1-4H3/t25-/m1/s1. The van der Waals surface area contributed by atoms with Crippen molar-refractivity contribution < 1.29 is 9.53 Å². The molecule has 172 valence electrons. The van der Waals surface area contributed by atoms with E-state index < -0.39 is 0 Å². The van der Waals surface area contributed by atoms with Gasteiger partial charge in [-0.15, -0.1) is 0 Å². The van der Waals surface area contributed by atoms with Gasteiger partial charge in [0.05, 0.1) is 0 Å². The van der Waals surface area contributed by atoms with E-state index in [0.717, 1.165) is 49.6 Å². The summed E-state index contributed by atoms with van der Waals surface area (Å²) in [7, 11) is 3.48. The lowest BCUT2D eigenvalue weighted by Gasteiger charge is -2.39.